The molecular weight excluding hydrogens is 402 g/mol. The molecular formula is C25H29N5O2. The topological polar surface area (TPSA) is 94.7 Å². The molecule has 1 saturated heterocycles. The van der Waals surface area contributed by atoms with Crippen LogP contribution in [0.1, 0.15) is 39.5 Å². The number of rotatable bonds is 3. The fourth-order valence-electron chi connectivity index (χ4n) is 4.92. The zero-order chi connectivity index (χ0) is 22.2. The maximum absolute atomic E-state index is 12.9. The molecule has 3 aliphatic rings. The fourth-order valence-corrected chi connectivity index (χ4v) is 4.92. The molecule has 0 spiro atoms. The smallest absolute Gasteiger partial charge is 0.253 e. The zero-order valence-electron chi connectivity index (χ0n) is 18.4. The molecule has 2 aromatic rings. The highest BCUT2D eigenvalue weighted by atomic mass is 16.5. The summed E-state index contributed by atoms with van der Waals surface area (Å²) in [4.78, 5) is 17.1. The van der Waals surface area contributed by atoms with Crippen LogP contribution in [-0.2, 0) is 4.74 Å². The van der Waals surface area contributed by atoms with Crippen LogP contribution in [0.2, 0.25) is 0 Å². The predicted octanol–water partition coefficient (Wildman–Crippen LogP) is 2.99. The molecule has 0 saturated carbocycles. The van der Waals surface area contributed by atoms with Crippen molar-refractivity contribution in [2.24, 2.45) is 0 Å². The van der Waals surface area contributed by atoms with Gasteiger partial charge in [0.25, 0.3) is 5.91 Å². The maximum Gasteiger partial charge on any atom is 0.253 e. The van der Waals surface area contributed by atoms with Crippen molar-refractivity contribution in [2.45, 2.75) is 12.5 Å². The lowest BCUT2D eigenvalue weighted by atomic mass is 9.82. The summed E-state index contributed by atoms with van der Waals surface area (Å²) in [6, 6.07) is 11.8. The van der Waals surface area contributed by atoms with Gasteiger partial charge in [0.15, 0.2) is 0 Å². The molecule has 2 aromatic carbocycles. The number of carbonyl (C=O) groups excluding carboxylic acids is 1. The fraction of sp³-hybridized carbons (Fsp3) is 0.360. The Kier molecular flexibility index (Phi) is 5.45. The Hall–Kier alpha value is -3.16. The number of nitrogens with one attached hydrogen (secondary N) is 2. The van der Waals surface area contributed by atoms with E-state index >= 15 is 0 Å². The van der Waals surface area contributed by atoms with Crippen LogP contribution >= 0.6 is 0 Å². The van der Waals surface area contributed by atoms with Crippen LogP contribution in [0.3, 0.4) is 0 Å². The van der Waals surface area contributed by atoms with Gasteiger partial charge in [-0.25, -0.2) is 0 Å². The molecule has 166 valence electrons. The minimum Gasteiger partial charge on any atom is -0.398 e. The Bertz CT molecular complexity index is 1080. The second-order valence-electron chi connectivity index (χ2n) is 8.74. The first-order chi connectivity index (χ1) is 15.6. The summed E-state index contributed by atoms with van der Waals surface area (Å²) in [6.07, 6.45) is 2.14. The van der Waals surface area contributed by atoms with E-state index in [0.717, 1.165) is 60.5 Å². The Balaban J connectivity index is 1.46. The number of nitrogens with zero attached hydrogens (tertiary/aromatic N) is 2. The standard InChI is InChI=1S/C25H29N5O2/c1-29-9-11-30(12-10-29)25(31)17-4-2-16(3-5-17)24-20-15-32-13-8-18(20)23-19(14-26)21(27)6-7-22(23)28-24/h2-7,14,24,26,28H,8-13,15,27H2,1H3. The number of anilines is 2. The van der Waals surface area contributed by atoms with Gasteiger partial charge in [0.05, 0.1) is 19.3 Å². The zero-order valence-corrected chi connectivity index (χ0v) is 18.4. The van der Waals surface area contributed by atoms with Gasteiger partial charge in [-0.15, -0.1) is 0 Å². The number of fused-ring (bicyclic) bond motifs is 2. The minimum atomic E-state index is -0.0344. The molecule has 1 atom stereocenters. The number of nitrogens with two attached hydrogens (primary N) is 1. The van der Waals surface area contributed by atoms with Gasteiger partial charge >= 0.3 is 0 Å². The molecule has 1 amide bonds. The molecule has 0 aromatic heterocycles. The lowest BCUT2D eigenvalue weighted by Crippen LogP contribution is -2.47. The molecule has 1 fully saturated rings. The molecule has 5 rings (SSSR count). The number of hydrogen-bond acceptors (Lipinski definition) is 6. The van der Waals surface area contributed by atoms with E-state index in [1.165, 1.54) is 17.4 Å². The van der Waals surface area contributed by atoms with Crippen LogP contribution in [0.4, 0.5) is 11.4 Å². The van der Waals surface area contributed by atoms with Crippen LogP contribution in [0.5, 0.6) is 0 Å². The average molecular weight is 432 g/mol. The number of carbonyl (C=O) groups is 1. The van der Waals surface area contributed by atoms with Crippen molar-refractivity contribution in [3.63, 3.8) is 0 Å². The monoisotopic (exact) mass is 431 g/mol. The second kappa shape index (κ2) is 8.41. The van der Waals surface area contributed by atoms with E-state index in [1.807, 2.05) is 41.3 Å². The van der Waals surface area contributed by atoms with E-state index in [1.54, 1.807) is 0 Å². The van der Waals surface area contributed by atoms with E-state index in [4.69, 9.17) is 15.9 Å². The van der Waals surface area contributed by atoms with Crippen molar-refractivity contribution in [3.05, 3.63) is 64.2 Å². The summed E-state index contributed by atoms with van der Waals surface area (Å²) >= 11 is 0. The van der Waals surface area contributed by atoms with Gasteiger partial charge in [-0.2, -0.15) is 0 Å². The van der Waals surface area contributed by atoms with Gasteiger partial charge in [0.1, 0.15) is 0 Å². The number of piperazine rings is 1. The van der Waals surface area contributed by atoms with Crippen LogP contribution in [0.25, 0.3) is 5.57 Å². The highest BCUT2D eigenvalue weighted by molar-refractivity contribution is 5.99. The third kappa shape index (κ3) is 3.57. The van der Waals surface area contributed by atoms with Gasteiger partial charge in [0, 0.05) is 60.5 Å². The molecule has 7 nitrogen and oxygen atoms in total. The first-order valence-electron chi connectivity index (χ1n) is 11.1. The van der Waals surface area contributed by atoms with Crippen molar-refractivity contribution in [1.82, 2.24) is 9.80 Å². The summed E-state index contributed by atoms with van der Waals surface area (Å²) in [5, 5.41) is 11.5. The third-order valence-corrected chi connectivity index (χ3v) is 6.80. The Morgan fingerprint density at radius 3 is 2.62 bits per heavy atom. The van der Waals surface area contributed by atoms with Crippen LogP contribution < -0.4 is 11.1 Å². The first kappa shape index (κ1) is 20.7. The van der Waals surface area contributed by atoms with E-state index in [-0.39, 0.29) is 11.9 Å². The number of ether oxygens (including phenoxy) is 1. The van der Waals surface area contributed by atoms with Crippen molar-refractivity contribution >= 4 is 29.1 Å². The molecule has 3 aliphatic heterocycles. The van der Waals surface area contributed by atoms with E-state index in [0.29, 0.717) is 18.9 Å². The summed E-state index contributed by atoms with van der Waals surface area (Å²) in [6.45, 7) is 4.56. The molecule has 7 heteroatoms. The molecule has 0 bridgehead atoms. The van der Waals surface area contributed by atoms with Gasteiger partial charge < -0.3 is 31.0 Å². The van der Waals surface area contributed by atoms with E-state index in [2.05, 4.69) is 17.3 Å². The highest BCUT2D eigenvalue weighted by Gasteiger charge is 2.32. The Morgan fingerprint density at radius 1 is 1.16 bits per heavy atom. The molecule has 4 N–H and O–H groups in total. The number of nitrogen functional groups attached to an aromatic ring is 1. The van der Waals surface area contributed by atoms with Gasteiger partial charge in [-0.3, -0.25) is 4.79 Å². The predicted molar refractivity (Wildman–Crippen MR) is 127 cm³/mol. The van der Waals surface area contributed by atoms with E-state index < -0.39 is 0 Å². The van der Waals surface area contributed by atoms with Gasteiger partial charge in [-0.05, 0) is 54.4 Å². The molecule has 3 heterocycles. The molecule has 0 radical (unpaired) electrons. The number of benzene rings is 2. The minimum absolute atomic E-state index is 0.0344. The summed E-state index contributed by atoms with van der Waals surface area (Å²) in [5.74, 6) is 0.0959. The first-order valence-corrected chi connectivity index (χ1v) is 11.1. The van der Waals surface area contributed by atoms with Crippen molar-refractivity contribution in [2.75, 3.05) is 57.5 Å². The van der Waals surface area contributed by atoms with E-state index in [9.17, 15) is 4.79 Å². The lowest BCUT2D eigenvalue weighted by molar-refractivity contribution is 0.0664. The number of likely N-dealkylation sites (N-methyl/N-ethyl adjacent to an activating group) is 1. The SMILES string of the molecule is CN1CCN(C(=O)c2ccc(C3Nc4ccc(N)c(C=N)c4C4=C3COCC4)cc2)CC1. The van der Waals surface area contributed by atoms with Crippen molar-refractivity contribution < 1.29 is 9.53 Å². The molecule has 0 aliphatic carbocycles. The summed E-state index contributed by atoms with van der Waals surface area (Å²) in [7, 11) is 2.09. The number of amides is 1. The maximum atomic E-state index is 12.9. The van der Waals surface area contributed by atoms with Gasteiger partial charge in [-0.1, -0.05) is 12.1 Å². The lowest BCUT2D eigenvalue weighted by Gasteiger charge is -2.36. The normalized spacial score (nSPS) is 20.9. The van der Waals surface area contributed by atoms with Crippen LogP contribution in [0, 0.1) is 5.41 Å². The third-order valence-electron chi connectivity index (χ3n) is 6.80. The Labute approximate surface area is 188 Å². The van der Waals surface area contributed by atoms with Crippen molar-refractivity contribution in [3.8, 4) is 0 Å². The highest BCUT2D eigenvalue weighted by Crippen LogP contribution is 2.45. The summed E-state index contributed by atoms with van der Waals surface area (Å²) < 4.78 is 5.81. The number of hydrogen-bond donors (Lipinski definition) is 3. The van der Waals surface area contributed by atoms with Crippen molar-refractivity contribution in [1.29, 1.82) is 5.41 Å². The molecule has 32 heavy (non-hydrogen) atoms. The summed E-state index contributed by atoms with van der Waals surface area (Å²) in [5.41, 5.74) is 13.8. The van der Waals surface area contributed by atoms with Crippen LogP contribution in [0.15, 0.2) is 42.0 Å². The molecule has 1 unspecified atom stereocenters. The second-order valence-corrected chi connectivity index (χ2v) is 8.74. The quantitative estimate of drug-likeness (QED) is 0.513. The Morgan fingerprint density at radius 2 is 1.91 bits per heavy atom. The largest absolute Gasteiger partial charge is 0.398 e. The van der Waals surface area contributed by atoms with Crippen LogP contribution in [-0.4, -0.2) is 68.4 Å². The van der Waals surface area contributed by atoms with Gasteiger partial charge in [0.2, 0.25) is 0 Å². The average Bonchev–Trinajstić information content (AvgIpc) is 2.84.